The van der Waals surface area contributed by atoms with Crippen LogP contribution in [0.5, 0.6) is 0 Å². The van der Waals surface area contributed by atoms with Gasteiger partial charge in [0.25, 0.3) is 0 Å². The smallest absolute Gasteiger partial charge is 0.196 e. The van der Waals surface area contributed by atoms with Crippen molar-refractivity contribution in [2.75, 3.05) is 6.61 Å². The van der Waals surface area contributed by atoms with E-state index in [2.05, 4.69) is 4.98 Å². The first kappa shape index (κ1) is 11.4. The van der Waals surface area contributed by atoms with E-state index in [-0.39, 0.29) is 11.6 Å². The van der Waals surface area contributed by atoms with E-state index in [9.17, 15) is 9.18 Å². The molecule has 1 saturated heterocycles. The minimum absolute atomic E-state index is 0.0298. The number of benzene rings is 1. The van der Waals surface area contributed by atoms with Crippen molar-refractivity contribution in [2.45, 2.75) is 25.4 Å². The fourth-order valence-corrected chi connectivity index (χ4v) is 2.53. The molecular weight excluding hydrogens is 233 g/mol. The lowest BCUT2D eigenvalue weighted by Gasteiger charge is -2.20. The van der Waals surface area contributed by atoms with Gasteiger partial charge in [-0.15, -0.1) is 0 Å². The van der Waals surface area contributed by atoms with E-state index >= 15 is 0 Å². The Bertz CT molecular complexity index is 611. The predicted octanol–water partition coefficient (Wildman–Crippen LogP) is 3.06. The number of fused-ring (bicyclic) bond motifs is 1. The Morgan fingerprint density at radius 3 is 3.06 bits per heavy atom. The number of carbonyl (C=O) groups is 1. The van der Waals surface area contributed by atoms with Gasteiger partial charge >= 0.3 is 0 Å². The molecule has 94 valence electrons. The van der Waals surface area contributed by atoms with Crippen LogP contribution < -0.4 is 0 Å². The molecule has 1 unspecified atom stereocenters. The number of ketones is 1. The summed E-state index contributed by atoms with van der Waals surface area (Å²) in [6.07, 6.45) is 3.28. The Balaban J connectivity index is 2.07. The average Bonchev–Trinajstić information content (AvgIpc) is 2.95. The lowest BCUT2D eigenvalue weighted by Crippen LogP contribution is -2.34. The second-order valence-corrected chi connectivity index (χ2v) is 4.90. The number of aromatic nitrogens is 1. The fraction of sp³-hybridized carbons (Fsp3) is 0.357. The third-order valence-corrected chi connectivity index (χ3v) is 3.59. The van der Waals surface area contributed by atoms with Crippen LogP contribution in [0.15, 0.2) is 24.4 Å². The van der Waals surface area contributed by atoms with Crippen molar-refractivity contribution in [1.29, 1.82) is 0 Å². The highest BCUT2D eigenvalue weighted by atomic mass is 19.1. The average molecular weight is 247 g/mol. The molecule has 0 amide bonds. The lowest BCUT2D eigenvalue weighted by atomic mass is 9.92. The molecule has 1 aromatic heterocycles. The molecule has 2 heterocycles. The van der Waals surface area contributed by atoms with E-state index in [1.54, 1.807) is 12.3 Å². The highest BCUT2D eigenvalue weighted by Gasteiger charge is 2.39. The number of carbonyl (C=O) groups excluding carboxylic acids is 1. The Kier molecular flexibility index (Phi) is 2.48. The summed E-state index contributed by atoms with van der Waals surface area (Å²) in [4.78, 5) is 15.4. The minimum Gasteiger partial charge on any atom is -0.367 e. The molecule has 1 atom stereocenters. The summed E-state index contributed by atoms with van der Waals surface area (Å²) in [7, 11) is 0. The molecule has 0 bridgehead atoms. The van der Waals surface area contributed by atoms with Gasteiger partial charge in [-0.3, -0.25) is 4.79 Å². The Morgan fingerprint density at radius 2 is 2.33 bits per heavy atom. The first-order valence-electron chi connectivity index (χ1n) is 6.05. The summed E-state index contributed by atoms with van der Waals surface area (Å²) in [5.41, 5.74) is 0.484. The zero-order valence-electron chi connectivity index (χ0n) is 10.1. The normalized spacial score (nSPS) is 23.7. The number of H-pyrrole nitrogens is 1. The molecule has 0 aliphatic carbocycles. The van der Waals surface area contributed by atoms with E-state index in [4.69, 9.17) is 4.74 Å². The van der Waals surface area contributed by atoms with Crippen LogP contribution in [0.4, 0.5) is 4.39 Å². The van der Waals surface area contributed by atoms with Crippen LogP contribution in [0.3, 0.4) is 0 Å². The Hall–Kier alpha value is -1.68. The standard InChI is InChI=1S/C14H14FNO2/c1-14(5-2-6-18-14)13(17)11-8-16-12-7-9(15)3-4-10(11)12/h3-4,7-8,16H,2,5-6H2,1H3. The zero-order chi connectivity index (χ0) is 12.8. The molecule has 18 heavy (non-hydrogen) atoms. The van der Waals surface area contributed by atoms with Crippen LogP contribution in [-0.4, -0.2) is 23.0 Å². The van der Waals surface area contributed by atoms with Crippen molar-refractivity contribution in [1.82, 2.24) is 4.98 Å². The van der Waals surface area contributed by atoms with Gasteiger partial charge in [0.2, 0.25) is 0 Å². The summed E-state index contributed by atoms with van der Waals surface area (Å²) in [5, 5.41) is 0.748. The monoisotopic (exact) mass is 247 g/mol. The van der Waals surface area contributed by atoms with E-state index in [1.807, 2.05) is 6.92 Å². The predicted molar refractivity (Wildman–Crippen MR) is 66.2 cm³/mol. The van der Waals surface area contributed by atoms with Crippen LogP contribution in [0.2, 0.25) is 0 Å². The number of ether oxygens (including phenoxy) is 1. The highest BCUT2D eigenvalue weighted by Crippen LogP contribution is 2.31. The van der Waals surface area contributed by atoms with Crippen molar-refractivity contribution in [3.63, 3.8) is 0 Å². The van der Waals surface area contributed by atoms with Crippen LogP contribution in [0.25, 0.3) is 10.9 Å². The van der Waals surface area contributed by atoms with E-state index in [0.29, 0.717) is 17.7 Å². The minimum atomic E-state index is -0.733. The van der Waals surface area contributed by atoms with E-state index < -0.39 is 5.60 Å². The van der Waals surface area contributed by atoms with Gasteiger partial charge in [0.05, 0.1) is 0 Å². The molecule has 1 aliphatic heterocycles. The van der Waals surface area contributed by atoms with Crippen LogP contribution in [0.1, 0.15) is 30.1 Å². The second kappa shape index (κ2) is 3.92. The summed E-state index contributed by atoms with van der Waals surface area (Å²) in [6.45, 7) is 2.45. The van der Waals surface area contributed by atoms with E-state index in [1.165, 1.54) is 12.1 Å². The highest BCUT2D eigenvalue weighted by molar-refractivity contribution is 6.11. The van der Waals surface area contributed by atoms with Crippen LogP contribution in [0, 0.1) is 5.82 Å². The maximum absolute atomic E-state index is 13.1. The van der Waals surface area contributed by atoms with Gasteiger partial charge in [-0.05, 0) is 38.0 Å². The van der Waals surface area contributed by atoms with Gasteiger partial charge in [-0.2, -0.15) is 0 Å². The molecule has 1 fully saturated rings. The SMILES string of the molecule is CC1(C(=O)c2c[nH]c3cc(F)ccc23)CCCO1. The quantitative estimate of drug-likeness (QED) is 0.829. The van der Waals surface area contributed by atoms with Crippen molar-refractivity contribution in [3.8, 4) is 0 Å². The summed E-state index contributed by atoms with van der Waals surface area (Å²) in [5.74, 6) is -0.343. The molecule has 0 saturated carbocycles. The Labute approximate surface area is 104 Å². The third kappa shape index (κ3) is 1.64. The molecule has 3 rings (SSSR count). The number of hydrogen-bond acceptors (Lipinski definition) is 2. The van der Waals surface area contributed by atoms with E-state index in [0.717, 1.165) is 18.2 Å². The summed E-state index contributed by atoms with van der Waals surface area (Å²) < 4.78 is 18.7. The van der Waals surface area contributed by atoms with Crippen LogP contribution in [-0.2, 0) is 4.74 Å². The van der Waals surface area contributed by atoms with Gasteiger partial charge in [-0.25, -0.2) is 4.39 Å². The van der Waals surface area contributed by atoms with Gasteiger partial charge < -0.3 is 9.72 Å². The van der Waals surface area contributed by atoms with Crippen molar-refractivity contribution in [2.24, 2.45) is 0 Å². The van der Waals surface area contributed by atoms with Crippen molar-refractivity contribution >= 4 is 16.7 Å². The topological polar surface area (TPSA) is 42.1 Å². The van der Waals surface area contributed by atoms with Gasteiger partial charge in [0, 0.05) is 29.3 Å². The molecule has 1 N–H and O–H groups in total. The maximum Gasteiger partial charge on any atom is 0.196 e. The largest absolute Gasteiger partial charge is 0.367 e. The van der Waals surface area contributed by atoms with Gasteiger partial charge in [0.1, 0.15) is 11.4 Å². The number of aromatic amines is 1. The molecule has 4 heteroatoms. The molecule has 0 radical (unpaired) electrons. The number of halogens is 1. The molecule has 3 nitrogen and oxygen atoms in total. The first-order chi connectivity index (χ1) is 8.60. The van der Waals surface area contributed by atoms with Crippen molar-refractivity contribution < 1.29 is 13.9 Å². The summed E-state index contributed by atoms with van der Waals surface area (Å²) in [6, 6.07) is 4.39. The zero-order valence-corrected chi connectivity index (χ0v) is 10.1. The van der Waals surface area contributed by atoms with Gasteiger partial charge in [0.15, 0.2) is 5.78 Å². The molecular formula is C14H14FNO2. The number of hydrogen-bond donors (Lipinski definition) is 1. The lowest BCUT2D eigenvalue weighted by molar-refractivity contribution is 0.0215. The van der Waals surface area contributed by atoms with Crippen LogP contribution >= 0.6 is 0 Å². The first-order valence-corrected chi connectivity index (χ1v) is 6.05. The molecule has 1 aromatic carbocycles. The second-order valence-electron chi connectivity index (χ2n) is 4.90. The number of Topliss-reactive ketones (excluding diaryl/α,β-unsaturated/α-hetero) is 1. The molecule has 2 aromatic rings. The van der Waals surface area contributed by atoms with Gasteiger partial charge in [-0.1, -0.05) is 0 Å². The molecule has 0 spiro atoms. The number of nitrogens with one attached hydrogen (secondary N) is 1. The maximum atomic E-state index is 13.1. The fourth-order valence-electron chi connectivity index (χ4n) is 2.53. The number of rotatable bonds is 2. The molecule has 1 aliphatic rings. The van der Waals surface area contributed by atoms with Crippen molar-refractivity contribution in [3.05, 3.63) is 35.8 Å². The summed E-state index contributed by atoms with van der Waals surface area (Å²) >= 11 is 0. The Morgan fingerprint density at radius 1 is 1.50 bits per heavy atom. The third-order valence-electron chi connectivity index (χ3n) is 3.59.